The lowest BCUT2D eigenvalue weighted by Crippen LogP contribution is -2.40. The van der Waals surface area contributed by atoms with Gasteiger partial charge in [0.25, 0.3) is 5.91 Å². The molecule has 0 bridgehead atoms. The summed E-state index contributed by atoms with van der Waals surface area (Å²) in [5.41, 5.74) is 2.15. The Balaban J connectivity index is 1.45. The Bertz CT molecular complexity index is 941. The summed E-state index contributed by atoms with van der Waals surface area (Å²) < 4.78 is 13.9. The van der Waals surface area contributed by atoms with Crippen molar-refractivity contribution in [2.45, 2.75) is 25.7 Å². The number of aromatic amines is 1. The van der Waals surface area contributed by atoms with E-state index in [9.17, 15) is 9.18 Å². The molecule has 0 aliphatic carbocycles. The van der Waals surface area contributed by atoms with Crippen LogP contribution < -0.4 is 0 Å². The van der Waals surface area contributed by atoms with Crippen LogP contribution >= 0.6 is 0 Å². The van der Waals surface area contributed by atoms with Crippen LogP contribution in [0.2, 0.25) is 0 Å². The largest absolute Gasteiger partial charge is 0.338 e. The van der Waals surface area contributed by atoms with Crippen LogP contribution in [0.25, 0.3) is 11.4 Å². The van der Waals surface area contributed by atoms with E-state index in [1.807, 2.05) is 41.3 Å². The number of carbonyl (C=O) groups excluding carboxylic acids is 1. The zero-order valence-corrected chi connectivity index (χ0v) is 15.6. The van der Waals surface area contributed by atoms with Gasteiger partial charge in [-0.25, -0.2) is 9.37 Å². The first-order valence-corrected chi connectivity index (χ1v) is 9.70. The van der Waals surface area contributed by atoms with Gasteiger partial charge in [0.1, 0.15) is 12.1 Å². The van der Waals surface area contributed by atoms with Crippen LogP contribution in [0.4, 0.5) is 4.39 Å². The standard InChI is InChI=1S/C22H23FN4O/c23-20-10-4-1-7-17(20)12-11-16-6-5-13-27(14-16)22(28)19-9-3-2-8-18(19)21-24-15-25-26-21/h1-4,7-10,15-16H,5-6,11-14H2,(H,24,25,26). The molecule has 5 nitrogen and oxygen atoms in total. The van der Waals surface area contributed by atoms with Gasteiger partial charge in [-0.15, -0.1) is 0 Å². The molecule has 28 heavy (non-hydrogen) atoms. The summed E-state index contributed by atoms with van der Waals surface area (Å²) in [4.78, 5) is 19.3. The number of benzene rings is 2. The van der Waals surface area contributed by atoms with Crippen molar-refractivity contribution in [2.75, 3.05) is 13.1 Å². The van der Waals surface area contributed by atoms with Crippen molar-refractivity contribution in [3.05, 3.63) is 71.8 Å². The van der Waals surface area contributed by atoms with Crippen LogP contribution in [0.1, 0.15) is 35.2 Å². The number of hydrogen-bond acceptors (Lipinski definition) is 3. The maximum atomic E-state index is 13.9. The van der Waals surface area contributed by atoms with E-state index in [1.54, 1.807) is 6.07 Å². The average molecular weight is 378 g/mol. The molecule has 0 radical (unpaired) electrons. The zero-order valence-electron chi connectivity index (χ0n) is 15.6. The minimum Gasteiger partial charge on any atom is -0.338 e. The smallest absolute Gasteiger partial charge is 0.254 e. The number of rotatable bonds is 5. The fourth-order valence-electron chi connectivity index (χ4n) is 3.93. The number of aromatic nitrogens is 3. The average Bonchev–Trinajstić information content (AvgIpc) is 3.28. The highest BCUT2D eigenvalue weighted by atomic mass is 19.1. The third-order valence-corrected chi connectivity index (χ3v) is 5.41. The third kappa shape index (κ3) is 3.96. The number of halogens is 1. The molecule has 1 aromatic heterocycles. The Kier molecular flexibility index (Phi) is 5.46. The van der Waals surface area contributed by atoms with E-state index < -0.39 is 0 Å². The Hall–Kier alpha value is -3.02. The molecule has 1 aliphatic heterocycles. The lowest BCUT2D eigenvalue weighted by molar-refractivity contribution is 0.0669. The van der Waals surface area contributed by atoms with Crippen LogP contribution in [0.5, 0.6) is 0 Å². The van der Waals surface area contributed by atoms with Gasteiger partial charge >= 0.3 is 0 Å². The monoisotopic (exact) mass is 378 g/mol. The predicted octanol–water partition coefficient (Wildman–Crippen LogP) is 4.10. The van der Waals surface area contributed by atoms with Crippen LogP contribution in [0.15, 0.2) is 54.9 Å². The Morgan fingerprint density at radius 3 is 2.82 bits per heavy atom. The summed E-state index contributed by atoms with van der Waals surface area (Å²) in [6, 6.07) is 14.4. The van der Waals surface area contributed by atoms with Crippen LogP contribution in [-0.4, -0.2) is 39.1 Å². The first-order chi connectivity index (χ1) is 13.7. The SMILES string of the molecule is O=C(c1ccccc1-c1ncn[nH]1)N1CCCC(CCc2ccccc2F)C1. The van der Waals surface area contributed by atoms with Gasteiger partial charge in [-0.05, 0) is 49.3 Å². The number of amides is 1. The number of carbonyl (C=O) groups is 1. The van der Waals surface area contributed by atoms with Gasteiger partial charge in [-0.2, -0.15) is 5.10 Å². The summed E-state index contributed by atoms with van der Waals surface area (Å²) in [5.74, 6) is 0.849. The number of piperidine rings is 1. The van der Waals surface area contributed by atoms with Gasteiger partial charge in [0.15, 0.2) is 5.82 Å². The van der Waals surface area contributed by atoms with Crippen molar-refractivity contribution in [3.63, 3.8) is 0 Å². The Morgan fingerprint density at radius 1 is 1.18 bits per heavy atom. The molecule has 3 aromatic rings. The summed E-state index contributed by atoms with van der Waals surface area (Å²) in [7, 11) is 0. The molecular weight excluding hydrogens is 355 g/mol. The van der Waals surface area contributed by atoms with Crippen molar-refractivity contribution in [1.29, 1.82) is 0 Å². The normalized spacial score (nSPS) is 16.9. The van der Waals surface area contributed by atoms with Crippen LogP contribution in [0, 0.1) is 11.7 Å². The summed E-state index contributed by atoms with van der Waals surface area (Å²) >= 11 is 0. The van der Waals surface area contributed by atoms with Gasteiger partial charge in [0, 0.05) is 18.7 Å². The Labute approximate surface area is 163 Å². The molecule has 1 fully saturated rings. The number of nitrogens with zero attached hydrogens (tertiary/aromatic N) is 3. The molecule has 0 saturated carbocycles. The van der Waals surface area contributed by atoms with Gasteiger partial charge in [0.05, 0.1) is 5.56 Å². The van der Waals surface area contributed by atoms with E-state index in [1.165, 1.54) is 12.4 Å². The van der Waals surface area contributed by atoms with E-state index >= 15 is 0 Å². The molecule has 1 aliphatic rings. The van der Waals surface area contributed by atoms with Crippen molar-refractivity contribution in [2.24, 2.45) is 5.92 Å². The molecule has 1 amide bonds. The van der Waals surface area contributed by atoms with E-state index in [4.69, 9.17) is 0 Å². The third-order valence-electron chi connectivity index (χ3n) is 5.41. The number of H-pyrrole nitrogens is 1. The van der Waals surface area contributed by atoms with Gasteiger partial charge in [-0.1, -0.05) is 36.4 Å². The molecule has 1 unspecified atom stereocenters. The second kappa shape index (κ2) is 8.33. The topological polar surface area (TPSA) is 61.9 Å². The predicted molar refractivity (Wildman–Crippen MR) is 105 cm³/mol. The maximum absolute atomic E-state index is 13.9. The molecule has 2 heterocycles. The second-order valence-corrected chi connectivity index (χ2v) is 7.27. The highest BCUT2D eigenvalue weighted by molar-refractivity contribution is 6.00. The molecule has 2 aromatic carbocycles. The molecule has 1 N–H and O–H groups in total. The summed E-state index contributed by atoms with van der Waals surface area (Å²) in [6.45, 7) is 1.46. The minimum atomic E-state index is -0.146. The quantitative estimate of drug-likeness (QED) is 0.727. The fourth-order valence-corrected chi connectivity index (χ4v) is 3.93. The van der Waals surface area contributed by atoms with Crippen molar-refractivity contribution in [3.8, 4) is 11.4 Å². The molecule has 6 heteroatoms. The first-order valence-electron chi connectivity index (χ1n) is 9.70. The van der Waals surface area contributed by atoms with Crippen molar-refractivity contribution < 1.29 is 9.18 Å². The molecule has 1 atom stereocenters. The van der Waals surface area contributed by atoms with E-state index in [0.29, 0.717) is 30.3 Å². The lowest BCUT2D eigenvalue weighted by atomic mass is 9.91. The van der Waals surface area contributed by atoms with Crippen molar-refractivity contribution >= 4 is 5.91 Å². The zero-order chi connectivity index (χ0) is 19.3. The summed E-state index contributed by atoms with van der Waals surface area (Å²) in [5, 5.41) is 6.73. The highest BCUT2D eigenvalue weighted by Crippen LogP contribution is 2.26. The van der Waals surface area contributed by atoms with Crippen LogP contribution in [0.3, 0.4) is 0 Å². The van der Waals surface area contributed by atoms with Gasteiger partial charge in [0.2, 0.25) is 0 Å². The fraction of sp³-hybridized carbons (Fsp3) is 0.318. The number of likely N-dealkylation sites (tertiary alicyclic amines) is 1. The highest BCUT2D eigenvalue weighted by Gasteiger charge is 2.26. The number of aryl methyl sites for hydroxylation is 1. The number of hydrogen-bond donors (Lipinski definition) is 1. The summed E-state index contributed by atoms with van der Waals surface area (Å²) in [6.07, 6.45) is 5.07. The minimum absolute atomic E-state index is 0.0163. The van der Waals surface area contributed by atoms with E-state index in [0.717, 1.165) is 36.9 Å². The van der Waals surface area contributed by atoms with Gasteiger partial charge in [-0.3, -0.25) is 9.89 Å². The first kappa shape index (κ1) is 18.3. The van der Waals surface area contributed by atoms with E-state index in [-0.39, 0.29) is 11.7 Å². The molecular formula is C22H23FN4O. The maximum Gasteiger partial charge on any atom is 0.254 e. The Morgan fingerprint density at radius 2 is 2.00 bits per heavy atom. The molecule has 144 valence electrons. The number of nitrogens with one attached hydrogen (secondary N) is 1. The lowest BCUT2D eigenvalue weighted by Gasteiger charge is -2.33. The van der Waals surface area contributed by atoms with E-state index in [2.05, 4.69) is 15.2 Å². The van der Waals surface area contributed by atoms with Gasteiger partial charge < -0.3 is 4.90 Å². The van der Waals surface area contributed by atoms with Crippen molar-refractivity contribution in [1.82, 2.24) is 20.1 Å². The van der Waals surface area contributed by atoms with Crippen LogP contribution in [-0.2, 0) is 6.42 Å². The molecule has 0 spiro atoms. The molecule has 1 saturated heterocycles. The molecule has 4 rings (SSSR count). The second-order valence-electron chi connectivity index (χ2n) is 7.27.